The second kappa shape index (κ2) is 4.76. The van der Waals surface area contributed by atoms with Crippen LogP contribution < -0.4 is 11.5 Å². The summed E-state index contributed by atoms with van der Waals surface area (Å²) in [5.74, 6) is -2.17. The number of hydrogen-bond acceptors (Lipinski definition) is 5. The number of aromatic nitrogens is 3. The maximum atomic E-state index is 12.5. The molecule has 0 saturated heterocycles. The summed E-state index contributed by atoms with van der Waals surface area (Å²) in [7, 11) is 0. The Labute approximate surface area is 83.7 Å². The van der Waals surface area contributed by atoms with E-state index in [1.54, 1.807) is 0 Å². The van der Waals surface area contributed by atoms with Crippen molar-refractivity contribution in [3.63, 3.8) is 0 Å². The van der Waals surface area contributed by atoms with Gasteiger partial charge in [0.2, 0.25) is 18.3 Å². The lowest BCUT2D eigenvalue weighted by atomic mass is 10.1. The van der Waals surface area contributed by atoms with E-state index in [1.165, 1.54) is 0 Å². The molecule has 1 rings (SSSR count). The van der Waals surface area contributed by atoms with E-state index >= 15 is 0 Å². The monoisotopic (exact) mass is 221 g/mol. The van der Waals surface area contributed by atoms with Crippen LogP contribution in [0.3, 0.4) is 0 Å². The normalized spacial score (nSPS) is 13.1. The molecular weight excluding hydrogens is 211 g/mol. The van der Waals surface area contributed by atoms with Gasteiger partial charge in [-0.25, -0.2) is 8.78 Å². The molecule has 0 bridgehead atoms. The van der Waals surface area contributed by atoms with Gasteiger partial charge >= 0.3 is 0 Å². The van der Waals surface area contributed by atoms with Gasteiger partial charge in [0.1, 0.15) is 5.82 Å². The van der Waals surface area contributed by atoms with Crippen LogP contribution in [0, 0.1) is 0 Å². The predicted molar refractivity (Wildman–Crippen MR) is 48.0 cm³/mol. The summed E-state index contributed by atoms with van der Waals surface area (Å²) in [6.07, 6.45) is -3.14. The van der Waals surface area contributed by atoms with Crippen molar-refractivity contribution in [1.82, 2.24) is 15.0 Å². The van der Waals surface area contributed by atoms with Crippen molar-refractivity contribution in [1.29, 1.82) is 0 Å². The van der Waals surface area contributed by atoms with Gasteiger partial charge in [0.05, 0.1) is 12.6 Å². The fourth-order valence-corrected chi connectivity index (χ4v) is 1.08. The first-order valence-electron chi connectivity index (χ1n) is 4.15. The van der Waals surface area contributed by atoms with Gasteiger partial charge in [0.15, 0.2) is 0 Å². The summed E-state index contributed by atoms with van der Waals surface area (Å²) in [5.41, 5.74) is 10.4. The highest BCUT2D eigenvalue weighted by Gasteiger charge is 2.25. The Morgan fingerprint density at radius 2 is 1.60 bits per heavy atom. The molecule has 0 aromatic carbocycles. The molecule has 1 unspecified atom stereocenters. The van der Waals surface area contributed by atoms with Crippen molar-refractivity contribution in [2.24, 2.45) is 0 Å². The van der Waals surface area contributed by atoms with Crippen LogP contribution in [0.2, 0.25) is 0 Å². The topological polar surface area (TPSA) is 90.7 Å². The lowest BCUT2D eigenvalue weighted by Gasteiger charge is -2.12. The van der Waals surface area contributed by atoms with Gasteiger partial charge in [-0.3, -0.25) is 4.39 Å². The first-order valence-corrected chi connectivity index (χ1v) is 4.15. The van der Waals surface area contributed by atoms with E-state index in [2.05, 4.69) is 15.0 Å². The van der Waals surface area contributed by atoms with Crippen molar-refractivity contribution in [2.45, 2.75) is 18.8 Å². The van der Waals surface area contributed by atoms with E-state index < -0.39 is 19.0 Å². The van der Waals surface area contributed by atoms with E-state index in [1.807, 2.05) is 0 Å². The molecule has 0 radical (unpaired) electrons. The Morgan fingerprint density at radius 3 is 2.00 bits per heavy atom. The molecule has 1 aromatic heterocycles. The number of alkyl halides is 3. The van der Waals surface area contributed by atoms with Crippen LogP contribution in [-0.2, 0) is 0 Å². The number of anilines is 2. The summed E-state index contributed by atoms with van der Waals surface area (Å²) < 4.78 is 37.0. The van der Waals surface area contributed by atoms with E-state index in [0.29, 0.717) is 0 Å². The van der Waals surface area contributed by atoms with Gasteiger partial charge in [0, 0.05) is 0 Å². The molecule has 0 saturated carbocycles. The zero-order chi connectivity index (χ0) is 11.4. The molecule has 0 spiro atoms. The Bertz CT molecular complexity index is 312. The first kappa shape index (κ1) is 11.5. The van der Waals surface area contributed by atoms with Crippen LogP contribution in [0.15, 0.2) is 0 Å². The quantitative estimate of drug-likeness (QED) is 0.782. The first-order chi connectivity index (χ1) is 7.04. The molecule has 4 N–H and O–H groups in total. The molecule has 0 amide bonds. The molecule has 84 valence electrons. The highest BCUT2D eigenvalue weighted by atomic mass is 19.3. The van der Waals surface area contributed by atoms with Gasteiger partial charge in [-0.2, -0.15) is 15.0 Å². The third-order valence-electron chi connectivity index (χ3n) is 1.74. The average molecular weight is 221 g/mol. The third kappa shape index (κ3) is 2.93. The van der Waals surface area contributed by atoms with E-state index in [0.717, 1.165) is 0 Å². The molecule has 15 heavy (non-hydrogen) atoms. The number of hydrogen-bond donors (Lipinski definition) is 2. The van der Waals surface area contributed by atoms with Crippen molar-refractivity contribution in [2.75, 3.05) is 18.1 Å². The zero-order valence-corrected chi connectivity index (χ0v) is 7.70. The van der Waals surface area contributed by atoms with Crippen molar-refractivity contribution in [3.8, 4) is 0 Å². The summed E-state index contributed by atoms with van der Waals surface area (Å²) in [4.78, 5) is 10.4. The van der Waals surface area contributed by atoms with Crippen molar-refractivity contribution >= 4 is 11.9 Å². The smallest absolute Gasteiger partial charge is 0.248 e. The fourth-order valence-electron chi connectivity index (χ4n) is 1.08. The number of halogens is 3. The molecule has 0 aliphatic rings. The molecule has 5 nitrogen and oxygen atoms in total. The second-order valence-electron chi connectivity index (χ2n) is 2.83. The van der Waals surface area contributed by atoms with Crippen molar-refractivity contribution < 1.29 is 13.2 Å². The molecular formula is C7H10F3N5. The van der Waals surface area contributed by atoms with Crippen LogP contribution in [0.25, 0.3) is 0 Å². The minimum atomic E-state index is -2.76. The summed E-state index contributed by atoms with van der Waals surface area (Å²) >= 11 is 0. The predicted octanol–water partition coefficient (Wildman–Crippen LogP) is 0.744. The van der Waals surface area contributed by atoms with Gasteiger partial charge in [-0.1, -0.05) is 0 Å². The summed E-state index contributed by atoms with van der Waals surface area (Å²) in [6.45, 7) is -0.888. The highest BCUT2D eigenvalue weighted by Crippen LogP contribution is 2.24. The zero-order valence-electron chi connectivity index (χ0n) is 7.70. The van der Waals surface area contributed by atoms with E-state index in [-0.39, 0.29) is 24.1 Å². The van der Waals surface area contributed by atoms with Gasteiger partial charge in [-0.05, 0) is 6.42 Å². The Hall–Kier alpha value is -1.60. The number of nitrogen functional groups attached to an aromatic ring is 2. The lowest BCUT2D eigenvalue weighted by molar-refractivity contribution is 0.102. The summed E-state index contributed by atoms with van der Waals surface area (Å²) in [5, 5.41) is 0. The van der Waals surface area contributed by atoms with Gasteiger partial charge in [-0.15, -0.1) is 0 Å². The maximum Gasteiger partial charge on any atom is 0.248 e. The SMILES string of the molecule is Nc1nc(N)nc(C(CCF)C(F)F)n1. The van der Waals surface area contributed by atoms with Crippen molar-refractivity contribution in [3.05, 3.63) is 5.82 Å². The minimum absolute atomic E-state index is 0.248. The molecule has 1 heterocycles. The van der Waals surface area contributed by atoms with Gasteiger partial charge in [0.25, 0.3) is 0 Å². The number of rotatable bonds is 4. The Balaban J connectivity index is 2.99. The van der Waals surface area contributed by atoms with Crippen LogP contribution in [0.5, 0.6) is 0 Å². The molecule has 1 aromatic rings. The van der Waals surface area contributed by atoms with Crippen LogP contribution in [-0.4, -0.2) is 28.1 Å². The fraction of sp³-hybridized carbons (Fsp3) is 0.571. The Kier molecular flexibility index (Phi) is 3.64. The van der Waals surface area contributed by atoms with E-state index in [4.69, 9.17) is 11.5 Å². The minimum Gasteiger partial charge on any atom is -0.368 e. The highest BCUT2D eigenvalue weighted by molar-refractivity contribution is 5.27. The molecule has 0 aliphatic carbocycles. The maximum absolute atomic E-state index is 12.5. The molecule has 1 atom stereocenters. The number of nitrogens with two attached hydrogens (primary N) is 2. The number of nitrogens with zero attached hydrogens (tertiary/aromatic N) is 3. The standard InChI is InChI=1S/C7H10F3N5/c8-2-1-3(4(9)10)5-13-6(11)15-7(12)14-5/h3-4H,1-2H2,(H4,11,12,13,14,15). The molecule has 0 aliphatic heterocycles. The lowest BCUT2D eigenvalue weighted by Crippen LogP contribution is -2.16. The summed E-state index contributed by atoms with van der Waals surface area (Å²) in [6, 6.07) is 0. The molecule has 0 fully saturated rings. The van der Waals surface area contributed by atoms with E-state index in [9.17, 15) is 13.2 Å². The Morgan fingerprint density at radius 1 is 1.07 bits per heavy atom. The van der Waals surface area contributed by atoms with Crippen LogP contribution in [0.1, 0.15) is 18.2 Å². The second-order valence-corrected chi connectivity index (χ2v) is 2.83. The largest absolute Gasteiger partial charge is 0.368 e. The van der Waals surface area contributed by atoms with Crippen LogP contribution >= 0.6 is 0 Å². The average Bonchev–Trinajstić information content (AvgIpc) is 2.11. The van der Waals surface area contributed by atoms with Crippen LogP contribution in [0.4, 0.5) is 25.1 Å². The third-order valence-corrected chi connectivity index (χ3v) is 1.74. The van der Waals surface area contributed by atoms with Gasteiger partial charge < -0.3 is 11.5 Å². The molecule has 8 heteroatoms.